The molecule has 1 atom stereocenters. The molecule has 0 bridgehead atoms. The van der Waals surface area contributed by atoms with Gasteiger partial charge < -0.3 is 18.3 Å². The SMILES string of the molecule is Cc1oc(=O)oc1CN1CCN(c2cc3c(cc2F)c(=O)c(C)c2n3C(C)S2)CC1. The molecule has 1 fully saturated rings. The summed E-state index contributed by atoms with van der Waals surface area (Å²) in [7, 11) is 0. The molecule has 2 aromatic heterocycles. The minimum absolute atomic E-state index is 0.0945. The summed E-state index contributed by atoms with van der Waals surface area (Å²) in [5, 5.41) is 1.64. The summed E-state index contributed by atoms with van der Waals surface area (Å²) < 4.78 is 27.1. The van der Waals surface area contributed by atoms with Gasteiger partial charge in [-0.15, -0.1) is 0 Å². The topological polar surface area (TPSA) is 71.8 Å². The molecular weight excluding hydrogens is 409 g/mol. The van der Waals surface area contributed by atoms with Crippen LogP contribution in [0.1, 0.15) is 29.4 Å². The Bertz CT molecular complexity index is 1270. The van der Waals surface area contributed by atoms with E-state index in [9.17, 15) is 14.0 Å². The summed E-state index contributed by atoms with van der Waals surface area (Å²) in [6.07, 6.45) is 0. The molecule has 0 amide bonds. The number of aromatic nitrogens is 1. The third kappa shape index (κ3) is 2.99. The number of hydrogen-bond acceptors (Lipinski definition) is 7. The maximum absolute atomic E-state index is 15.0. The van der Waals surface area contributed by atoms with Gasteiger partial charge in [0.15, 0.2) is 11.2 Å². The molecule has 30 heavy (non-hydrogen) atoms. The van der Waals surface area contributed by atoms with E-state index in [0.29, 0.717) is 60.9 Å². The van der Waals surface area contributed by atoms with Gasteiger partial charge in [-0.05, 0) is 32.9 Å². The van der Waals surface area contributed by atoms with Crippen LogP contribution in [-0.2, 0) is 6.54 Å². The van der Waals surface area contributed by atoms with Crippen LogP contribution in [0.4, 0.5) is 10.1 Å². The molecule has 2 aliphatic heterocycles. The van der Waals surface area contributed by atoms with E-state index in [4.69, 9.17) is 8.83 Å². The quantitative estimate of drug-likeness (QED) is 0.630. The smallest absolute Gasteiger partial charge is 0.396 e. The van der Waals surface area contributed by atoms with Crippen LogP contribution >= 0.6 is 11.8 Å². The van der Waals surface area contributed by atoms with Crippen molar-refractivity contribution in [1.82, 2.24) is 9.47 Å². The molecule has 0 saturated carbocycles. The van der Waals surface area contributed by atoms with Crippen molar-refractivity contribution in [2.45, 2.75) is 37.7 Å². The zero-order valence-corrected chi connectivity index (χ0v) is 17.8. The Labute approximate surface area is 176 Å². The van der Waals surface area contributed by atoms with Crippen molar-refractivity contribution >= 4 is 28.4 Å². The maximum atomic E-state index is 15.0. The van der Waals surface area contributed by atoms with Gasteiger partial charge >= 0.3 is 5.82 Å². The van der Waals surface area contributed by atoms with Crippen LogP contribution in [0.2, 0.25) is 0 Å². The number of fused-ring (bicyclic) bond motifs is 3. The molecule has 3 aromatic rings. The zero-order chi connectivity index (χ0) is 21.2. The van der Waals surface area contributed by atoms with Crippen LogP contribution in [0.15, 0.2) is 35.6 Å². The Balaban J connectivity index is 1.41. The number of benzene rings is 1. The van der Waals surface area contributed by atoms with E-state index < -0.39 is 5.82 Å². The van der Waals surface area contributed by atoms with Gasteiger partial charge in [0.05, 0.1) is 28.1 Å². The second-order valence-electron chi connectivity index (χ2n) is 7.86. The van der Waals surface area contributed by atoms with E-state index in [1.54, 1.807) is 25.6 Å². The van der Waals surface area contributed by atoms with Crippen LogP contribution in [0.3, 0.4) is 0 Å². The van der Waals surface area contributed by atoms with Gasteiger partial charge in [-0.25, -0.2) is 9.18 Å². The van der Waals surface area contributed by atoms with Crippen LogP contribution < -0.4 is 16.2 Å². The van der Waals surface area contributed by atoms with E-state index in [1.165, 1.54) is 6.07 Å². The lowest BCUT2D eigenvalue weighted by atomic mass is 10.1. The molecule has 5 rings (SSSR count). The number of anilines is 1. The van der Waals surface area contributed by atoms with E-state index in [-0.39, 0.29) is 16.6 Å². The van der Waals surface area contributed by atoms with Gasteiger partial charge in [-0.1, -0.05) is 11.8 Å². The van der Waals surface area contributed by atoms with Crippen molar-refractivity contribution in [2.75, 3.05) is 31.1 Å². The van der Waals surface area contributed by atoms with Crippen LogP contribution in [0.5, 0.6) is 0 Å². The van der Waals surface area contributed by atoms with Crippen LogP contribution in [0.25, 0.3) is 10.9 Å². The first-order chi connectivity index (χ1) is 14.3. The summed E-state index contributed by atoms with van der Waals surface area (Å²) in [4.78, 5) is 28.1. The Kier molecular flexibility index (Phi) is 4.55. The largest absolute Gasteiger partial charge is 0.519 e. The van der Waals surface area contributed by atoms with Crippen molar-refractivity contribution in [1.29, 1.82) is 0 Å². The fraction of sp³-hybridized carbons (Fsp3) is 0.429. The van der Waals surface area contributed by atoms with Gasteiger partial charge in [0.2, 0.25) is 0 Å². The first kappa shape index (κ1) is 19.4. The molecule has 158 valence electrons. The first-order valence-corrected chi connectivity index (χ1v) is 10.8. The Morgan fingerprint density at radius 1 is 1.13 bits per heavy atom. The summed E-state index contributed by atoms with van der Waals surface area (Å²) in [6, 6.07) is 3.21. The summed E-state index contributed by atoms with van der Waals surface area (Å²) in [5.74, 6) is -0.0300. The lowest BCUT2D eigenvalue weighted by Crippen LogP contribution is -2.46. The van der Waals surface area contributed by atoms with Crippen molar-refractivity contribution in [3.05, 3.63) is 55.9 Å². The summed E-state index contributed by atoms with van der Waals surface area (Å²) >= 11 is 1.67. The Morgan fingerprint density at radius 3 is 2.50 bits per heavy atom. The molecule has 1 aromatic carbocycles. The third-order valence-electron chi connectivity index (χ3n) is 6.01. The van der Waals surface area contributed by atoms with E-state index in [1.807, 2.05) is 11.0 Å². The lowest BCUT2D eigenvalue weighted by molar-refractivity contribution is 0.226. The second kappa shape index (κ2) is 7.02. The van der Waals surface area contributed by atoms with Gasteiger partial charge in [-0.3, -0.25) is 9.69 Å². The number of pyridine rings is 1. The maximum Gasteiger partial charge on any atom is 0.519 e. The standard InChI is InChI=1S/C21H22FN3O4S/c1-11-19(26)14-8-15(22)17(9-16(14)25-13(3)30-20(11)25)24-6-4-23(5-7-24)10-18-12(2)28-21(27)29-18/h8-9,13H,4-7,10H2,1-3H3. The number of nitrogens with zero attached hydrogens (tertiary/aromatic N) is 3. The highest BCUT2D eigenvalue weighted by Crippen LogP contribution is 2.46. The normalized spacial score (nSPS) is 19.2. The zero-order valence-electron chi connectivity index (χ0n) is 17.0. The number of halogens is 1. The van der Waals surface area contributed by atoms with Gasteiger partial charge in [0.25, 0.3) is 0 Å². The van der Waals surface area contributed by atoms with Crippen LogP contribution in [0, 0.1) is 19.7 Å². The average molecular weight is 431 g/mol. The van der Waals surface area contributed by atoms with Crippen molar-refractivity contribution < 1.29 is 13.2 Å². The van der Waals surface area contributed by atoms with Gasteiger partial charge in [-0.2, -0.15) is 0 Å². The highest BCUT2D eigenvalue weighted by molar-refractivity contribution is 8.00. The number of piperazine rings is 1. The van der Waals surface area contributed by atoms with Gasteiger partial charge in [0.1, 0.15) is 11.6 Å². The minimum atomic E-state index is -0.686. The molecule has 4 heterocycles. The number of rotatable bonds is 3. The molecule has 0 aliphatic carbocycles. The van der Waals surface area contributed by atoms with Crippen molar-refractivity contribution in [3.63, 3.8) is 0 Å². The van der Waals surface area contributed by atoms with E-state index in [2.05, 4.69) is 16.4 Å². The average Bonchev–Trinajstić information content (AvgIpc) is 3.02. The molecule has 0 spiro atoms. The molecule has 0 N–H and O–H groups in total. The fourth-order valence-electron chi connectivity index (χ4n) is 4.30. The number of aryl methyl sites for hydroxylation is 1. The second-order valence-corrected chi connectivity index (χ2v) is 9.17. The summed E-state index contributed by atoms with van der Waals surface area (Å²) in [6.45, 7) is 8.75. The van der Waals surface area contributed by atoms with Crippen LogP contribution in [-0.4, -0.2) is 35.6 Å². The Morgan fingerprint density at radius 2 is 1.87 bits per heavy atom. The monoisotopic (exact) mass is 431 g/mol. The van der Waals surface area contributed by atoms with Gasteiger partial charge in [0, 0.05) is 37.1 Å². The van der Waals surface area contributed by atoms with Crippen molar-refractivity contribution in [3.8, 4) is 0 Å². The minimum Gasteiger partial charge on any atom is -0.396 e. The lowest BCUT2D eigenvalue weighted by Gasteiger charge is -2.37. The highest BCUT2D eigenvalue weighted by Gasteiger charge is 2.29. The molecule has 1 unspecified atom stereocenters. The third-order valence-corrected chi connectivity index (χ3v) is 7.29. The first-order valence-electron chi connectivity index (χ1n) is 9.95. The predicted octanol–water partition coefficient (Wildman–Crippen LogP) is 3.25. The Hall–Kier alpha value is -2.52. The number of hydrogen-bond donors (Lipinski definition) is 0. The fourth-order valence-corrected chi connectivity index (χ4v) is 5.43. The number of thioether (sulfide) groups is 1. The molecule has 2 aliphatic rings. The molecular formula is C21H22FN3O4S. The van der Waals surface area contributed by atoms with E-state index in [0.717, 1.165) is 10.5 Å². The highest BCUT2D eigenvalue weighted by atomic mass is 32.2. The molecule has 1 saturated heterocycles. The predicted molar refractivity (Wildman–Crippen MR) is 113 cm³/mol. The summed E-state index contributed by atoms with van der Waals surface area (Å²) in [5.41, 5.74) is 1.91. The molecule has 9 heteroatoms. The molecule has 7 nitrogen and oxygen atoms in total. The van der Waals surface area contributed by atoms with E-state index >= 15 is 0 Å². The van der Waals surface area contributed by atoms with Crippen molar-refractivity contribution in [2.24, 2.45) is 0 Å². The molecule has 0 radical (unpaired) electrons.